The molecule has 4 nitrogen and oxygen atoms in total. The maximum atomic E-state index is 13.3. The number of halogens is 2. The lowest BCUT2D eigenvalue weighted by molar-refractivity contribution is 0.0613. The van der Waals surface area contributed by atoms with E-state index in [0.717, 1.165) is 31.2 Å². The van der Waals surface area contributed by atoms with Crippen molar-refractivity contribution >= 4 is 17.5 Å². The number of hydrogen-bond donors (Lipinski definition) is 0. The fourth-order valence-corrected chi connectivity index (χ4v) is 4.11. The highest BCUT2D eigenvalue weighted by atomic mass is 35.5. The highest BCUT2D eigenvalue weighted by molar-refractivity contribution is 6.33. The van der Waals surface area contributed by atoms with Crippen molar-refractivity contribution in [2.75, 3.05) is 0 Å². The van der Waals surface area contributed by atoms with Gasteiger partial charge in [-0.3, -0.25) is 4.79 Å². The van der Waals surface area contributed by atoms with Crippen LogP contribution >= 0.6 is 11.6 Å². The number of aryl methyl sites for hydroxylation is 1. The molecule has 1 aliphatic rings. The molecule has 0 aliphatic heterocycles. The van der Waals surface area contributed by atoms with Crippen molar-refractivity contribution in [3.05, 3.63) is 52.1 Å². The van der Waals surface area contributed by atoms with Gasteiger partial charge in [-0.25, -0.2) is 9.07 Å². The van der Waals surface area contributed by atoms with Crippen LogP contribution in [0.5, 0.6) is 0 Å². The number of hydrogen-bond acceptors (Lipinski definition) is 2. The molecule has 1 heterocycles. The third kappa shape index (κ3) is 3.78. The van der Waals surface area contributed by atoms with E-state index in [1.807, 2.05) is 25.7 Å². The van der Waals surface area contributed by atoms with Gasteiger partial charge in [-0.2, -0.15) is 5.10 Å². The highest BCUT2D eigenvalue weighted by Crippen LogP contribution is 2.30. The van der Waals surface area contributed by atoms with Gasteiger partial charge in [0.1, 0.15) is 11.0 Å². The van der Waals surface area contributed by atoms with Crippen molar-refractivity contribution in [3.8, 4) is 0 Å². The van der Waals surface area contributed by atoms with E-state index in [-0.39, 0.29) is 23.8 Å². The zero-order valence-electron chi connectivity index (χ0n) is 15.5. The predicted molar refractivity (Wildman–Crippen MR) is 101 cm³/mol. The van der Waals surface area contributed by atoms with Crippen LogP contribution in [0.4, 0.5) is 4.39 Å². The quantitative estimate of drug-likeness (QED) is 0.748. The van der Waals surface area contributed by atoms with Crippen LogP contribution in [0.2, 0.25) is 5.15 Å². The van der Waals surface area contributed by atoms with Crippen molar-refractivity contribution in [1.29, 1.82) is 0 Å². The van der Waals surface area contributed by atoms with Crippen LogP contribution in [-0.4, -0.2) is 32.7 Å². The Morgan fingerprint density at radius 3 is 2.50 bits per heavy atom. The SMILES string of the molecule is Cc1nn(Cc2ccc(F)cc2)c(Cl)c1C(=O)N(C(C)C)C1CCCC1. The number of benzene rings is 1. The Morgan fingerprint density at radius 1 is 1.31 bits per heavy atom. The molecule has 0 N–H and O–H groups in total. The summed E-state index contributed by atoms with van der Waals surface area (Å²) >= 11 is 6.54. The largest absolute Gasteiger partial charge is 0.333 e. The van der Waals surface area contributed by atoms with E-state index < -0.39 is 0 Å². The second kappa shape index (κ2) is 7.78. The van der Waals surface area contributed by atoms with E-state index in [0.29, 0.717) is 23.0 Å². The Balaban J connectivity index is 1.88. The minimum Gasteiger partial charge on any atom is -0.333 e. The molecule has 0 unspecified atom stereocenters. The van der Waals surface area contributed by atoms with E-state index >= 15 is 0 Å². The van der Waals surface area contributed by atoms with Crippen LogP contribution in [0.25, 0.3) is 0 Å². The van der Waals surface area contributed by atoms with Crippen molar-refractivity contribution in [3.63, 3.8) is 0 Å². The van der Waals surface area contributed by atoms with Gasteiger partial charge in [0.2, 0.25) is 0 Å². The lowest BCUT2D eigenvalue weighted by atomic mass is 10.1. The first kappa shape index (κ1) is 18.9. The van der Waals surface area contributed by atoms with Gasteiger partial charge in [0.05, 0.1) is 17.8 Å². The number of rotatable bonds is 5. The maximum absolute atomic E-state index is 13.3. The van der Waals surface area contributed by atoms with Gasteiger partial charge in [0, 0.05) is 12.1 Å². The monoisotopic (exact) mass is 377 g/mol. The number of carbonyl (C=O) groups excluding carboxylic acids is 1. The number of carbonyl (C=O) groups is 1. The molecular formula is C20H25ClFN3O. The number of amides is 1. The van der Waals surface area contributed by atoms with Gasteiger partial charge in [-0.05, 0) is 51.3 Å². The topological polar surface area (TPSA) is 38.1 Å². The molecule has 1 fully saturated rings. The van der Waals surface area contributed by atoms with Gasteiger partial charge in [0.15, 0.2) is 0 Å². The van der Waals surface area contributed by atoms with E-state index in [1.165, 1.54) is 12.1 Å². The number of aromatic nitrogens is 2. The molecule has 1 aromatic carbocycles. The average molecular weight is 378 g/mol. The Bertz CT molecular complexity index is 779. The summed E-state index contributed by atoms with van der Waals surface area (Å²) in [7, 11) is 0. The molecule has 3 rings (SSSR count). The third-order valence-electron chi connectivity index (χ3n) is 5.03. The summed E-state index contributed by atoms with van der Waals surface area (Å²) in [6.45, 7) is 6.30. The number of nitrogens with zero attached hydrogens (tertiary/aromatic N) is 3. The molecule has 1 amide bonds. The lowest BCUT2D eigenvalue weighted by Gasteiger charge is -2.32. The summed E-state index contributed by atoms with van der Waals surface area (Å²) in [5.41, 5.74) is 1.99. The van der Waals surface area contributed by atoms with Crippen LogP contribution < -0.4 is 0 Å². The Labute approximate surface area is 158 Å². The molecule has 1 aliphatic carbocycles. The molecule has 0 saturated heterocycles. The van der Waals surface area contributed by atoms with Crippen LogP contribution in [-0.2, 0) is 6.54 Å². The van der Waals surface area contributed by atoms with E-state index in [2.05, 4.69) is 5.10 Å². The molecule has 0 bridgehead atoms. The van der Waals surface area contributed by atoms with Gasteiger partial charge in [0.25, 0.3) is 5.91 Å². The standard InChI is InChI=1S/C20H25ClFN3O/c1-13(2)25(17-6-4-5-7-17)20(26)18-14(3)23-24(19(18)21)12-15-8-10-16(22)11-9-15/h8-11,13,17H,4-7,12H2,1-3H3. The van der Waals surface area contributed by atoms with Crippen molar-refractivity contribution in [2.45, 2.75) is 65.1 Å². The van der Waals surface area contributed by atoms with Gasteiger partial charge in [-0.1, -0.05) is 36.6 Å². The van der Waals surface area contributed by atoms with Gasteiger partial charge < -0.3 is 4.90 Å². The smallest absolute Gasteiger partial charge is 0.259 e. The zero-order chi connectivity index (χ0) is 18.8. The van der Waals surface area contributed by atoms with Crippen molar-refractivity contribution in [2.24, 2.45) is 0 Å². The van der Waals surface area contributed by atoms with Crippen LogP contribution in [0.1, 0.15) is 61.1 Å². The Kier molecular flexibility index (Phi) is 5.66. The first-order chi connectivity index (χ1) is 12.4. The third-order valence-corrected chi connectivity index (χ3v) is 5.42. The lowest BCUT2D eigenvalue weighted by Crippen LogP contribution is -2.43. The molecule has 0 spiro atoms. The fraction of sp³-hybridized carbons (Fsp3) is 0.500. The summed E-state index contributed by atoms with van der Waals surface area (Å²) < 4.78 is 14.7. The zero-order valence-corrected chi connectivity index (χ0v) is 16.3. The minimum absolute atomic E-state index is 0.0419. The van der Waals surface area contributed by atoms with Crippen LogP contribution in [0.3, 0.4) is 0 Å². The molecule has 1 aromatic heterocycles. The van der Waals surface area contributed by atoms with E-state index in [1.54, 1.807) is 16.8 Å². The average Bonchev–Trinajstić information content (AvgIpc) is 3.18. The minimum atomic E-state index is -0.281. The first-order valence-corrected chi connectivity index (χ1v) is 9.56. The van der Waals surface area contributed by atoms with Gasteiger partial charge in [-0.15, -0.1) is 0 Å². The maximum Gasteiger partial charge on any atom is 0.259 e. The summed E-state index contributed by atoms with van der Waals surface area (Å²) in [6, 6.07) is 6.60. The molecule has 26 heavy (non-hydrogen) atoms. The Morgan fingerprint density at radius 2 is 1.92 bits per heavy atom. The molecule has 0 atom stereocenters. The van der Waals surface area contributed by atoms with Crippen LogP contribution in [0.15, 0.2) is 24.3 Å². The summed E-state index contributed by atoms with van der Waals surface area (Å²) in [4.78, 5) is 15.2. The molecule has 1 saturated carbocycles. The molecule has 0 radical (unpaired) electrons. The molecular weight excluding hydrogens is 353 g/mol. The van der Waals surface area contributed by atoms with E-state index in [9.17, 15) is 9.18 Å². The fourth-order valence-electron chi connectivity index (χ4n) is 3.80. The molecule has 140 valence electrons. The molecule has 6 heteroatoms. The predicted octanol–water partition coefficient (Wildman–Crippen LogP) is 4.83. The Hall–Kier alpha value is -1.88. The molecule has 2 aromatic rings. The summed E-state index contributed by atoms with van der Waals surface area (Å²) in [5, 5.41) is 4.81. The van der Waals surface area contributed by atoms with Crippen LogP contribution in [0, 0.1) is 12.7 Å². The van der Waals surface area contributed by atoms with E-state index in [4.69, 9.17) is 11.6 Å². The van der Waals surface area contributed by atoms with Crippen molar-refractivity contribution in [1.82, 2.24) is 14.7 Å². The first-order valence-electron chi connectivity index (χ1n) is 9.18. The van der Waals surface area contributed by atoms with Crippen molar-refractivity contribution < 1.29 is 9.18 Å². The normalized spacial score (nSPS) is 15.0. The summed E-state index contributed by atoms with van der Waals surface area (Å²) in [6.07, 6.45) is 4.42. The highest BCUT2D eigenvalue weighted by Gasteiger charge is 2.33. The second-order valence-corrected chi connectivity index (χ2v) is 7.64. The second-order valence-electron chi connectivity index (χ2n) is 7.28. The van der Waals surface area contributed by atoms with Gasteiger partial charge >= 0.3 is 0 Å². The summed E-state index contributed by atoms with van der Waals surface area (Å²) in [5.74, 6) is -0.323.